The lowest BCUT2D eigenvalue weighted by atomic mass is 10.2. The normalized spacial score (nSPS) is 12.2. The van der Waals surface area contributed by atoms with E-state index in [1.165, 1.54) is 12.1 Å². The second kappa shape index (κ2) is 7.97. The Kier molecular flexibility index (Phi) is 6.15. The Balaban J connectivity index is 2.32. The Labute approximate surface area is 153 Å². The van der Waals surface area contributed by atoms with Gasteiger partial charge in [-0.15, -0.1) is 0 Å². The van der Waals surface area contributed by atoms with E-state index >= 15 is 0 Å². The van der Waals surface area contributed by atoms with Crippen LogP contribution in [0.15, 0.2) is 59.5 Å². The predicted molar refractivity (Wildman–Crippen MR) is 96.3 cm³/mol. The van der Waals surface area contributed by atoms with Crippen LogP contribution in [-0.2, 0) is 26.1 Å². The molecule has 0 saturated carbocycles. The molecule has 2 rings (SSSR count). The van der Waals surface area contributed by atoms with Crippen LogP contribution in [0.5, 0.6) is 0 Å². The minimum absolute atomic E-state index is 0.000206. The van der Waals surface area contributed by atoms with Crippen LogP contribution < -0.4 is 0 Å². The minimum atomic E-state index is -4.00. The zero-order valence-corrected chi connectivity index (χ0v) is 15.8. The predicted octanol–water partition coefficient (Wildman–Crippen LogP) is 3.36. The van der Waals surface area contributed by atoms with Crippen molar-refractivity contribution in [3.8, 4) is 0 Å². The van der Waals surface area contributed by atoms with Gasteiger partial charge in [0.2, 0.25) is 10.0 Å². The molecule has 140 valence electrons. The SMILES string of the molecule is CC(C)(C)OC(=O)CN(Cc1ccccc1)S(=O)(=O)c1ccc(F)cc1. The highest BCUT2D eigenvalue weighted by Gasteiger charge is 2.29. The molecule has 26 heavy (non-hydrogen) atoms. The molecule has 0 aliphatic carbocycles. The third-order valence-electron chi connectivity index (χ3n) is 3.38. The van der Waals surface area contributed by atoms with E-state index in [1.807, 2.05) is 6.07 Å². The lowest BCUT2D eigenvalue weighted by Crippen LogP contribution is -2.38. The largest absolute Gasteiger partial charge is 0.459 e. The first-order valence-corrected chi connectivity index (χ1v) is 9.53. The van der Waals surface area contributed by atoms with Crippen molar-refractivity contribution in [1.29, 1.82) is 0 Å². The summed E-state index contributed by atoms with van der Waals surface area (Å²) in [4.78, 5) is 12.1. The first-order valence-electron chi connectivity index (χ1n) is 8.09. The first-order chi connectivity index (χ1) is 12.1. The molecule has 0 fully saturated rings. The highest BCUT2D eigenvalue weighted by molar-refractivity contribution is 7.89. The standard InChI is InChI=1S/C19H22FNO4S/c1-19(2,3)25-18(22)14-21(13-15-7-5-4-6-8-15)26(23,24)17-11-9-16(20)10-12-17/h4-12H,13-14H2,1-3H3. The number of nitrogens with zero attached hydrogens (tertiary/aromatic N) is 1. The number of rotatable bonds is 6. The minimum Gasteiger partial charge on any atom is -0.459 e. The maximum absolute atomic E-state index is 13.1. The van der Waals surface area contributed by atoms with Crippen LogP contribution >= 0.6 is 0 Å². The van der Waals surface area contributed by atoms with Gasteiger partial charge < -0.3 is 4.74 Å². The molecule has 0 heterocycles. The molecular weight excluding hydrogens is 357 g/mol. The van der Waals surface area contributed by atoms with E-state index in [-0.39, 0.29) is 11.4 Å². The highest BCUT2D eigenvalue weighted by Crippen LogP contribution is 2.20. The van der Waals surface area contributed by atoms with Crippen LogP contribution in [0.3, 0.4) is 0 Å². The zero-order chi connectivity index (χ0) is 19.4. The summed E-state index contributed by atoms with van der Waals surface area (Å²) in [5.74, 6) is -1.19. The molecule has 5 nitrogen and oxygen atoms in total. The van der Waals surface area contributed by atoms with E-state index < -0.39 is 34.0 Å². The van der Waals surface area contributed by atoms with Crippen molar-refractivity contribution in [2.75, 3.05) is 6.54 Å². The van der Waals surface area contributed by atoms with Crippen LogP contribution in [0.1, 0.15) is 26.3 Å². The van der Waals surface area contributed by atoms with Crippen LogP contribution in [0.2, 0.25) is 0 Å². The van der Waals surface area contributed by atoms with E-state index in [2.05, 4.69) is 0 Å². The van der Waals surface area contributed by atoms with Crippen molar-refractivity contribution in [2.45, 2.75) is 37.8 Å². The van der Waals surface area contributed by atoms with Gasteiger partial charge in [0.05, 0.1) is 4.90 Å². The molecule has 0 unspecified atom stereocenters. The molecule has 7 heteroatoms. The van der Waals surface area contributed by atoms with E-state index in [1.54, 1.807) is 45.0 Å². The molecule has 0 radical (unpaired) electrons. The molecule has 0 amide bonds. The molecule has 0 spiro atoms. The Morgan fingerprint density at radius 2 is 1.62 bits per heavy atom. The molecule has 0 atom stereocenters. The summed E-state index contributed by atoms with van der Waals surface area (Å²) in [6.45, 7) is 4.69. The fraction of sp³-hybridized carbons (Fsp3) is 0.316. The second-order valence-corrected chi connectivity index (χ2v) is 8.74. The summed E-state index contributed by atoms with van der Waals surface area (Å²) in [6, 6.07) is 13.4. The van der Waals surface area contributed by atoms with E-state index in [0.29, 0.717) is 0 Å². The number of carbonyl (C=O) groups excluding carboxylic acids is 1. The lowest BCUT2D eigenvalue weighted by molar-refractivity contribution is -0.155. The van der Waals surface area contributed by atoms with Crippen molar-refractivity contribution >= 4 is 16.0 Å². The van der Waals surface area contributed by atoms with Gasteiger partial charge in [0, 0.05) is 6.54 Å². The summed E-state index contributed by atoms with van der Waals surface area (Å²) < 4.78 is 45.3. The Morgan fingerprint density at radius 1 is 1.04 bits per heavy atom. The lowest BCUT2D eigenvalue weighted by Gasteiger charge is -2.25. The van der Waals surface area contributed by atoms with Crippen molar-refractivity contribution in [3.05, 3.63) is 66.0 Å². The third kappa shape index (κ3) is 5.64. The van der Waals surface area contributed by atoms with Crippen LogP contribution in [0.25, 0.3) is 0 Å². The Bertz CT molecular complexity index is 843. The fourth-order valence-electron chi connectivity index (χ4n) is 2.29. The number of halogens is 1. The number of hydrogen-bond donors (Lipinski definition) is 0. The van der Waals surface area contributed by atoms with Crippen molar-refractivity contribution < 1.29 is 22.3 Å². The summed E-state index contributed by atoms with van der Waals surface area (Å²) >= 11 is 0. The van der Waals surface area contributed by atoms with E-state index in [0.717, 1.165) is 22.0 Å². The Hall–Kier alpha value is -2.25. The van der Waals surface area contributed by atoms with Gasteiger partial charge in [-0.1, -0.05) is 30.3 Å². The van der Waals surface area contributed by atoms with Crippen LogP contribution in [-0.4, -0.2) is 30.8 Å². The van der Waals surface area contributed by atoms with Crippen LogP contribution in [0.4, 0.5) is 4.39 Å². The third-order valence-corrected chi connectivity index (χ3v) is 5.18. The van der Waals surface area contributed by atoms with Crippen LogP contribution in [0, 0.1) is 5.82 Å². The number of esters is 1. The van der Waals surface area contributed by atoms with E-state index in [9.17, 15) is 17.6 Å². The average molecular weight is 379 g/mol. The molecule has 2 aromatic carbocycles. The van der Waals surface area contributed by atoms with Gasteiger partial charge in [-0.2, -0.15) is 4.31 Å². The number of ether oxygens (including phenoxy) is 1. The first kappa shape index (κ1) is 20.1. The van der Waals surface area contributed by atoms with Gasteiger partial charge >= 0.3 is 5.97 Å². The summed E-state index contributed by atoms with van der Waals surface area (Å²) in [5.41, 5.74) is -0.00321. The molecule has 2 aromatic rings. The summed E-state index contributed by atoms with van der Waals surface area (Å²) in [6.07, 6.45) is 0. The molecule has 0 saturated heterocycles. The van der Waals surface area contributed by atoms with Gasteiger partial charge in [-0.25, -0.2) is 12.8 Å². The van der Waals surface area contributed by atoms with Gasteiger partial charge in [-0.3, -0.25) is 4.79 Å². The topological polar surface area (TPSA) is 63.7 Å². The molecular formula is C19H22FNO4S. The molecule has 0 aliphatic heterocycles. The Morgan fingerprint density at radius 3 is 2.15 bits per heavy atom. The fourth-order valence-corrected chi connectivity index (χ4v) is 3.66. The smallest absolute Gasteiger partial charge is 0.321 e. The van der Waals surface area contributed by atoms with Gasteiger partial charge in [0.15, 0.2) is 0 Å². The van der Waals surface area contributed by atoms with Gasteiger partial charge in [-0.05, 0) is 50.6 Å². The maximum atomic E-state index is 13.1. The number of benzene rings is 2. The van der Waals surface area contributed by atoms with Crippen molar-refractivity contribution in [3.63, 3.8) is 0 Å². The summed E-state index contributed by atoms with van der Waals surface area (Å²) in [5, 5.41) is 0. The van der Waals surface area contributed by atoms with Gasteiger partial charge in [0.1, 0.15) is 18.0 Å². The molecule has 0 bridgehead atoms. The van der Waals surface area contributed by atoms with Gasteiger partial charge in [0.25, 0.3) is 0 Å². The molecule has 0 N–H and O–H groups in total. The van der Waals surface area contributed by atoms with E-state index in [4.69, 9.17) is 4.74 Å². The second-order valence-electron chi connectivity index (χ2n) is 6.80. The summed E-state index contributed by atoms with van der Waals surface area (Å²) in [7, 11) is -4.00. The maximum Gasteiger partial charge on any atom is 0.321 e. The molecule has 0 aliphatic rings. The number of hydrogen-bond acceptors (Lipinski definition) is 4. The van der Waals surface area contributed by atoms with Crippen molar-refractivity contribution in [1.82, 2.24) is 4.31 Å². The highest BCUT2D eigenvalue weighted by atomic mass is 32.2. The number of sulfonamides is 1. The zero-order valence-electron chi connectivity index (χ0n) is 15.0. The molecule has 0 aromatic heterocycles. The number of carbonyl (C=O) groups is 1. The average Bonchev–Trinajstić information content (AvgIpc) is 2.54. The van der Waals surface area contributed by atoms with Crippen molar-refractivity contribution in [2.24, 2.45) is 0 Å². The monoisotopic (exact) mass is 379 g/mol. The quantitative estimate of drug-likeness (QED) is 0.722.